The number of amides is 2. The van der Waals surface area contributed by atoms with Gasteiger partial charge in [0.2, 0.25) is 0 Å². The Bertz CT molecular complexity index is 2650. The van der Waals surface area contributed by atoms with Crippen molar-refractivity contribution in [1.29, 1.82) is 5.26 Å². The molecular weight excluding hydrogens is 883 g/mol. The molecule has 64 heavy (non-hydrogen) atoms. The number of carbonyl (C=O) groups excluding carboxylic acids is 2. The van der Waals surface area contributed by atoms with Crippen LogP contribution in [-0.2, 0) is 30.1 Å². The first-order valence-electron chi connectivity index (χ1n) is 20.8. The van der Waals surface area contributed by atoms with Gasteiger partial charge >= 0.3 is 7.12 Å². The van der Waals surface area contributed by atoms with Gasteiger partial charge in [-0.2, -0.15) is 5.26 Å². The number of hydrogen-bond acceptors (Lipinski definition) is 13. The van der Waals surface area contributed by atoms with Crippen LogP contribution in [0.25, 0.3) is 16.0 Å². The van der Waals surface area contributed by atoms with E-state index in [0.717, 1.165) is 53.5 Å². The lowest BCUT2D eigenvalue weighted by Gasteiger charge is -2.46. The molecule has 0 bridgehead atoms. The van der Waals surface area contributed by atoms with Gasteiger partial charge in [0.05, 0.1) is 31.4 Å². The molecule has 18 heteroatoms. The Labute approximate surface area is 379 Å². The predicted molar refractivity (Wildman–Crippen MR) is 241 cm³/mol. The minimum Gasteiger partial charge on any atom is -0.484 e. The number of aliphatic imine (C=N–C) groups is 2. The number of fused-ring (bicyclic) bond motifs is 4. The van der Waals surface area contributed by atoms with Crippen LogP contribution >= 0.6 is 15.9 Å². The molecule has 2 fully saturated rings. The van der Waals surface area contributed by atoms with Crippen molar-refractivity contribution in [2.75, 3.05) is 40.5 Å². The van der Waals surface area contributed by atoms with E-state index in [2.05, 4.69) is 30.8 Å². The standard InChI is InChI=1S/C23H22N4O3.C16H18BrN3O3.C7H6BNO2/c1-25-17-6-3-5-15(11-17)16-7-8-19-18(12-16)23(20(28)27(2)21(24)26-23)13-22(30-19)9-4-10-29-14-22;1-20-13(21)16(19-14(20)18)8-15(5-2-6-22-9-15)23-12-4-3-10(17)7-11(12)16;9-5-6-2-1-3-7(4-6)8(10)11/h3,5-8,11-12H,4,9-10,13-14H2,2H3,(H2,24,26);3-4,7H,2,5-6,8-9H2,1H3,(H2,18,19);1-4,10-11H. The smallest absolute Gasteiger partial charge is 0.484 e. The van der Waals surface area contributed by atoms with Crippen LogP contribution in [0, 0.1) is 17.9 Å². The fourth-order valence-corrected chi connectivity index (χ4v) is 9.66. The van der Waals surface area contributed by atoms with Crippen LogP contribution in [0.3, 0.4) is 0 Å². The minimum atomic E-state index is -1.50. The highest BCUT2D eigenvalue weighted by atomic mass is 79.9. The van der Waals surface area contributed by atoms with E-state index in [9.17, 15) is 9.59 Å². The number of guanidine groups is 2. The summed E-state index contributed by atoms with van der Waals surface area (Å²) in [7, 11) is 1.81. The summed E-state index contributed by atoms with van der Waals surface area (Å²) in [5.41, 5.74) is 13.4. The first kappa shape index (κ1) is 44.3. The van der Waals surface area contributed by atoms with Gasteiger partial charge in [0.25, 0.3) is 11.8 Å². The van der Waals surface area contributed by atoms with E-state index in [4.69, 9.17) is 52.3 Å². The van der Waals surface area contributed by atoms with Crippen LogP contribution in [0.1, 0.15) is 55.2 Å². The number of nitriles is 1. The van der Waals surface area contributed by atoms with Crippen molar-refractivity contribution in [3.8, 4) is 28.7 Å². The third-order valence-electron chi connectivity index (χ3n) is 12.4. The number of nitrogens with two attached hydrogens (primary N) is 2. The fraction of sp³-hybridized carbons (Fsp3) is 0.348. The van der Waals surface area contributed by atoms with E-state index in [0.29, 0.717) is 66.4 Å². The molecule has 4 atom stereocenters. The van der Waals surface area contributed by atoms with Crippen LogP contribution in [-0.4, -0.2) is 102 Å². The Kier molecular flexibility index (Phi) is 12.0. The van der Waals surface area contributed by atoms with E-state index in [-0.39, 0.29) is 23.7 Å². The maximum absolute atomic E-state index is 13.4. The third-order valence-corrected chi connectivity index (χ3v) is 12.9. The van der Waals surface area contributed by atoms with Crippen LogP contribution < -0.4 is 26.4 Å². The van der Waals surface area contributed by atoms with E-state index >= 15 is 0 Å². The average molecular weight is 930 g/mol. The first-order valence-corrected chi connectivity index (χ1v) is 21.5. The number of rotatable bonds is 2. The van der Waals surface area contributed by atoms with Gasteiger partial charge in [-0.1, -0.05) is 52.3 Å². The third kappa shape index (κ3) is 8.08. The highest BCUT2D eigenvalue weighted by Gasteiger charge is 2.60. The highest BCUT2D eigenvalue weighted by molar-refractivity contribution is 9.10. The van der Waals surface area contributed by atoms with Gasteiger partial charge in [0.1, 0.15) is 22.7 Å². The Morgan fingerprint density at radius 1 is 0.781 bits per heavy atom. The molecule has 6 aliphatic rings. The lowest BCUT2D eigenvalue weighted by molar-refractivity contribution is -0.139. The fourth-order valence-electron chi connectivity index (χ4n) is 9.30. The molecule has 4 unspecified atom stereocenters. The van der Waals surface area contributed by atoms with Crippen LogP contribution in [0.5, 0.6) is 11.5 Å². The Balaban J connectivity index is 0.000000145. The summed E-state index contributed by atoms with van der Waals surface area (Å²) in [6.45, 7) is 9.59. The molecular formula is C46H46BBrN8O8. The molecule has 0 aromatic heterocycles. The Morgan fingerprint density at radius 3 is 1.83 bits per heavy atom. The molecule has 0 radical (unpaired) electrons. The summed E-state index contributed by atoms with van der Waals surface area (Å²) in [6, 6.07) is 27.0. The number of nitrogens with zero attached hydrogens (tertiary/aromatic N) is 6. The second kappa shape index (κ2) is 17.4. The molecule has 6 aliphatic heterocycles. The van der Waals surface area contributed by atoms with Crippen molar-refractivity contribution in [2.45, 2.75) is 60.8 Å². The first-order chi connectivity index (χ1) is 30.7. The molecule has 0 aliphatic carbocycles. The van der Waals surface area contributed by atoms with E-state index in [1.807, 2.05) is 60.7 Å². The number of hydrogen-bond donors (Lipinski definition) is 4. The number of benzene rings is 4. The summed E-state index contributed by atoms with van der Waals surface area (Å²) >= 11 is 3.47. The van der Waals surface area contributed by atoms with Gasteiger partial charge in [-0.25, -0.2) is 14.8 Å². The van der Waals surface area contributed by atoms with Crippen molar-refractivity contribution >= 4 is 57.9 Å². The lowest BCUT2D eigenvalue weighted by Crippen LogP contribution is -2.55. The SMILES string of the molecule is CN1C(=O)C2(CC3(CCCOC3)Oc3ccc(Br)cc32)N=C1N.N#Cc1cccc(B(O)O)c1.[C-]#[N+]c1cccc(-c2ccc3c(c2)C2(CC4(CCCOC4)O3)N=C(N)N(C)C2=O)c1. The van der Waals surface area contributed by atoms with Crippen molar-refractivity contribution in [1.82, 2.24) is 9.80 Å². The van der Waals surface area contributed by atoms with Crippen LogP contribution in [0.2, 0.25) is 0 Å². The predicted octanol–water partition coefficient (Wildman–Crippen LogP) is 4.22. The van der Waals surface area contributed by atoms with E-state index < -0.39 is 29.4 Å². The van der Waals surface area contributed by atoms with Gasteiger partial charge in [-0.15, -0.1) is 0 Å². The largest absolute Gasteiger partial charge is 0.488 e. The Hall–Kier alpha value is -6.28. The van der Waals surface area contributed by atoms with Gasteiger partial charge in [-0.05, 0) is 90.8 Å². The van der Waals surface area contributed by atoms with E-state index in [1.165, 1.54) is 15.9 Å². The molecule has 16 nitrogen and oxygen atoms in total. The topological polar surface area (TPSA) is 223 Å². The van der Waals surface area contributed by atoms with Gasteiger partial charge < -0.3 is 40.5 Å². The molecule has 6 heterocycles. The molecule has 0 saturated carbocycles. The number of carbonyl (C=O) groups is 2. The summed E-state index contributed by atoms with van der Waals surface area (Å²) in [4.78, 5) is 42.1. The normalized spacial score (nSPS) is 26.2. The maximum atomic E-state index is 13.4. The van der Waals surface area contributed by atoms with Crippen LogP contribution in [0.4, 0.5) is 5.69 Å². The molecule has 10 rings (SSSR count). The van der Waals surface area contributed by atoms with Gasteiger partial charge in [-0.3, -0.25) is 19.4 Å². The van der Waals surface area contributed by atoms with E-state index in [1.54, 1.807) is 38.4 Å². The molecule has 328 valence electrons. The zero-order valence-electron chi connectivity index (χ0n) is 35.3. The van der Waals surface area contributed by atoms with Crippen molar-refractivity contribution in [2.24, 2.45) is 21.5 Å². The summed E-state index contributed by atoms with van der Waals surface area (Å²) in [6.07, 6.45) is 4.27. The average Bonchev–Trinajstić information content (AvgIpc) is 3.64. The monoisotopic (exact) mass is 928 g/mol. The molecule has 4 spiro atoms. The lowest BCUT2D eigenvalue weighted by atomic mass is 9.74. The number of halogens is 1. The van der Waals surface area contributed by atoms with Crippen molar-refractivity contribution in [3.63, 3.8) is 0 Å². The Morgan fingerprint density at radius 2 is 1.33 bits per heavy atom. The minimum absolute atomic E-state index is 0.109. The highest BCUT2D eigenvalue weighted by Crippen LogP contribution is 2.53. The molecule has 6 N–H and O–H groups in total. The van der Waals surface area contributed by atoms with Gasteiger partial charge in [0.15, 0.2) is 28.7 Å². The zero-order chi connectivity index (χ0) is 45.4. The summed E-state index contributed by atoms with van der Waals surface area (Å²) < 4.78 is 25.0. The number of ether oxygens (including phenoxy) is 4. The second-order valence-electron chi connectivity index (χ2n) is 16.7. The molecule has 4 aromatic rings. The number of likely N-dealkylation sites (N-methyl/N-ethyl adjacent to an activating group) is 2. The zero-order valence-corrected chi connectivity index (χ0v) is 36.9. The molecule has 2 saturated heterocycles. The van der Waals surface area contributed by atoms with Crippen molar-refractivity contribution in [3.05, 3.63) is 118 Å². The summed E-state index contributed by atoms with van der Waals surface area (Å²) in [5.74, 6) is 1.51. The maximum Gasteiger partial charge on any atom is 0.488 e. The molecule has 4 aromatic carbocycles. The van der Waals surface area contributed by atoms with Crippen molar-refractivity contribution < 1.29 is 38.6 Å². The quantitative estimate of drug-likeness (QED) is 0.165. The molecule has 2 amide bonds. The van der Waals surface area contributed by atoms with Gasteiger partial charge in [0, 0.05) is 55.8 Å². The van der Waals surface area contributed by atoms with Crippen LogP contribution in [0.15, 0.2) is 99.4 Å². The second-order valence-corrected chi connectivity index (χ2v) is 17.7. The summed E-state index contributed by atoms with van der Waals surface area (Å²) in [5, 5.41) is 25.8.